The number of fused-ring (bicyclic) bond motifs is 1. The molecule has 3 amide bonds. The number of Topliss-reactive ketones (excluding diaryl/α,β-unsaturated/α-hetero) is 1. The van der Waals surface area contributed by atoms with Crippen molar-refractivity contribution in [2.24, 2.45) is 10.9 Å². The van der Waals surface area contributed by atoms with Crippen LogP contribution in [0.25, 0.3) is 0 Å². The highest BCUT2D eigenvalue weighted by Crippen LogP contribution is 2.44. The molecular weight excluding hydrogens is 448 g/mol. The van der Waals surface area contributed by atoms with Crippen molar-refractivity contribution < 1.29 is 43.1 Å². The summed E-state index contributed by atoms with van der Waals surface area (Å²) in [5.74, 6) is -3.38. The molecule has 14 heteroatoms. The molecular formula is C18H18N4O9S. The first-order valence-corrected chi connectivity index (χ1v) is 9.95. The van der Waals surface area contributed by atoms with Gasteiger partial charge in [-0.3, -0.25) is 19.3 Å². The highest BCUT2D eigenvalue weighted by Gasteiger charge is 2.57. The Balaban J connectivity index is 1.89. The van der Waals surface area contributed by atoms with Gasteiger partial charge in [0.2, 0.25) is 5.71 Å². The van der Waals surface area contributed by atoms with E-state index in [0.29, 0.717) is 0 Å². The number of oxime groups is 1. The van der Waals surface area contributed by atoms with Crippen LogP contribution in [0.5, 0.6) is 0 Å². The van der Waals surface area contributed by atoms with Crippen LogP contribution in [-0.4, -0.2) is 75.8 Å². The van der Waals surface area contributed by atoms with E-state index in [-0.39, 0.29) is 17.0 Å². The fraction of sp³-hybridized carbons (Fsp3) is 0.333. The molecule has 4 N–H and O–H groups in total. The number of nitrogens with one attached hydrogen (secondary N) is 1. The van der Waals surface area contributed by atoms with Crippen LogP contribution < -0.4 is 11.1 Å². The number of carbonyl (C=O) groups is 5. The van der Waals surface area contributed by atoms with Gasteiger partial charge in [-0.05, 0) is 19.1 Å². The zero-order valence-electron chi connectivity index (χ0n) is 16.8. The lowest BCUT2D eigenvalue weighted by Gasteiger charge is -2.50. The molecule has 3 atom stereocenters. The van der Waals surface area contributed by atoms with Crippen LogP contribution in [0.2, 0.25) is 0 Å². The molecule has 3 rings (SSSR count). The van der Waals surface area contributed by atoms with E-state index in [2.05, 4.69) is 20.0 Å². The van der Waals surface area contributed by atoms with Crippen LogP contribution in [0.3, 0.4) is 0 Å². The third-order valence-corrected chi connectivity index (χ3v) is 6.21. The molecule has 2 aliphatic heterocycles. The van der Waals surface area contributed by atoms with Crippen LogP contribution >= 0.6 is 11.8 Å². The van der Waals surface area contributed by atoms with Gasteiger partial charge < -0.3 is 30.1 Å². The molecule has 170 valence electrons. The number of amides is 3. The van der Waals surface area contributed by atoms with Crippen molar-refractivity contribution >= 4 is 47.1 Å². The third-order valence-electron chi connectivity index (χ3n) is 4.56. The fourth-order valence-electron chi connectivity index (χ4n) is 3.26. The molecule has 1 saturated heterocycles. The van der Waals surface area contributed by atoms with E-state index < -0.39 is 58.6 Å². The van der Waals surface area contributed by atoms with Crippen LogP contribution in [0.1, 0.15) is 12.7 Å². The lowest BCUT2D eigenvalue weighted by molar-refractivity contribution is -0.150. The summed E-state index contributed by atoms with van der Waals surface area (Å²) in [5, 5.41) is 13.8. The number of nitrogens with zero attached hydrogens (tertiary/aromatic N) is 2. The van der Waals surface area contributed by atoms with Gasteiger partial charge in [0.25, 0.3) is 11.8 Å². The fourth-order valence-corrected chi connectivity index (χ4v) is 4.75. The Kier molecular flexibility index (Phi) is 6.53. The maximum absolute atomic E-state index is 12.8. The normalized spacial score (nSPS) is 22.6. The minimum atomic E-state index is -1.50. The Labute approximate surface area is 184 Å². The number of carboxylic acid groups (broad SMARTS) is 1. The second-order valence-corrected chi connectivity index (χ2v) is 7.79. The molecule has 1 fully saturated rings. The summed E-state index contributed by atoms with van der Waals surface area (Å²) in [4.78, 5) is 66.1. The van der Waals surface area contributed by atoms with Gasteiger partial charge in [-0.2, -0.15) is 0 Å². The highest BCUT2D eigenvalue weighted by molar-refractivity contribution is 8.01. The average molecular weight is 466 g/mol. The number of carbonyl (C=O) groups excluding carboxylic acids is 4. The molecule has 1 aromatic rings. The number of hydrogen-bond donors (Lipinski definition) is 3. The smallest absolute Gasteiger partial charge is 0.404 e. The van der Waals surface area contributed by atoms with Crippen LogP contribution in [0.15, 0.2) is 39.2 Å². The van der Waals surface area contributed by atoms with E-state index in [1.807, 2.05) is 0 Å². The minimum absolute atomic E-state index is 0.0830. The Hall–Kier alpha value is -3.81. The lowest BCUT2D eigenvalue weighted by atomic mass is 9.99. The summed E-state index contributed by atoms with van der Waals surface area (Å²) in [7, 11) is 1.22. The third kappa shape index (κ3) is 4.16. The number of aliphatic carboxylic acids is 1. The summed E-state index contributed by atoms with van der Waals surface area (Å²) in [6.07, 6.45) is 0.151. The molecule has 1 aromatic heterocycles. The van der Waals surface area contributed by atoms with Gasteiger partial charge in [-0.15, -0.1) is 11.8 Å². The first-order valence-electron chi connectivity index (χ1n) is 9.00. The molecule has 32 heavy (non-hydrogen) atoms. The van der Waals surface area contributed by atoms with E-state index in [4.69, 9.17) is 10.2 Å². The Morgan fingerprint density at radius 2 is 2.09 bits per heavy atom. The van der Waals surface area contributed by atoms with E-state index >= 15 is 0 Å². The van der Waals surface area contributed by atoms with Crippen LogP contribution in [0.4, 0.5) is 4.79 Å². The largest absolute Gasteiger partial charge is 0.477 e. The zero-order valence-corrected chi connectivity index (χ0v) is 17.6. The summed E-state index contributed by atoms with van der Waals surface area (Å²) in [5.41, 5.74) is 4.13. The number of carboxylic acids is 1. The number of β-lactam (4-membered cyclic amide) rings is 1. The SMILES string of the molecule is CO/N=C(/C(=O)N[C@@H]1C(=O)N2C(C(=O)O)=C(COC(N)=O)C(C(C)=O)S[C@H]12)c1ccco1. The summed E-state index contributed by atoms with van der Waals surface area (Å²) < 4.78 is 9.82. The molecule has 13 nitrogen and oxygen atoms in total. The van der Waals surface area contributed by atoms with Crippen molar-refractivity contribution in [2.75, 3.05) is 13.7 Å². The van der Waals surface area contributed by atoms with Gasteiger partial charge in [-0.25, -0.2) is 9.59 Å². The number of thioether (sulfide) groups is 1. The molecule has 1 unspecified atom stereocenters. The predicted octanol–water partition coefficient (Wildman–Crippen LogP) is -0.578. The Morgan fingerprint density at radius 3 is 2.62 bits per heavy atom. The maximum Gasteiger partial charge on any atom is 0.404 e. The minimum Gasteiger partial charge on any atom is -0.477 e. The second-order valence-electron chi connectivity index (χ2n) is 6.56. The van der Waals surface area contributed by atoms with Crippen molar-refractivity contribution in [3.8, 4) is 0 Å². The van der Waals surface area contributed by atoms with Crippen molar-refractivity contribution in [2.45, 2.75) is 23.6 Å². The van der Waals surface area contributed by atoms with Crippen molar-refractivity contribution in [1.82, 2.24) is 10.2 Å². The standard InChI is InChI=1S/C18H18N4O9S/c1-7(23)13-8(6-31-18(19)28)12(17(26)27)22-15(25)11(16(22)32-13)20-14(24)10(21-29-2)9-4-3-5-30-9/h3-5,11,13,16H,6H2,1-2H3,(H2,19,28)(H,20,24)(H,26,27)/b21-10+/t11-,13?,16-/m1/s1. The Bertz CT molecular complexity index is 1030. The molecule has 0 aromatic carbocycles. The topological polar surface area (TPSA) is 191 Å². The van der Waals surface area contributed by atoms with Crippen LogP contribution in [0, 0.1) is 0 Å². The summed E-state index contributed by atoms with van der Waals surface area (Å²) >= 11 is 0.940. The van der Waals surface area contributed by atoms with E-state index in [1.54, 1.807) is 0 Å². The van der Waals surface area contributed by atoms with Gasteiger partial charge in [0.15, 0.2) is 5.76 Å². The monoisotopic (exact) mass is 466 g/mol. The quantitative estimate of drug-likeness (QED) is 0.254. The summed E-state index contributed by atoms with van der Waals surface area (Å²) in [6.45, 7) is 0.649. The lowest BCUT2D eigenvalue weighted by Crippen LogP contribution is -2.72. The number of ketones is 1. The van der Waals surface area contributed by atoms with E-state index in [9.17, 15) is 29.1 Å². The molecule has 0 spiro atoms. The highest BCUT2D eigenvalue weighted by atomic mass is 32.2. The van der Waals surface area contributed by atoms with Crippen LogP contribution in [-0.2, 0) is 28.8 Å². The number of hydrogen-bond acceptors (Lipinski definition) is 10. The molecule has 2 aliphatic rings. The van der Waals surface area contributed by atoms with Gasteiger partial charge in [0.1, 0.15) is 36.6 Å². The van der Waals surface area contributed by atoms with Gasteiger partial charge >= 0.3 is 12.1 Å². The van der Waals surface area contributed by atoms with Crippen molar-refractivity contribution in [1.29, 1.82) is 0 Å². The number of nitrogens with two attached hydrogens (primary N) is 1. The summed E-state index contributed by atoms with van der Waals surface area (Å²) in [6, 6.07) is 1.83. The first kappa shape index (κ1) is 22.9. The molecule has 3 heterocycles. The van der Waals surface area contributed by atoms with Crippen molar-refractivity contribution in [3.63, 3.8) is 0 Å². The molecule has 0 aliphatic carbocycles. The number of ether oxygens (including phenoxy) is 1. The molecule has 0 radical (unpaired) electrons. The van der Waals surface area contributed by atoms with E-state index in [1.165, 1.54) is 32.4 Å². The van der Waals surface area contributed by atoms with Gasteiger partial charge in [-0.1, -0.05) is 5.16 Å². The number of furan rings is 1. The number of primary amides is 1. The van der Waals surface area contributed by atoms with Gasteiger partial charge in [0, 0.05) is 5.57 Å². The molecule has 0 bridgehead atoms. The maximum atomic E-state index is 12.8. The second kappa shape index (κ2) is 9.13. The number of rotatable bonds is 8. The Morgan fingerprint density at radius 1 is 1.38 bits per heavy atom. The van der Waals surface area contributed by atoms with E-state index in [0.717, 1.165) is 16.7 Å². The average Bonchev–Trinajstić information content (AvgIpc) is 3.26. The predicted molar refractivity (Wildman–Crippen MR) is 107 cm³/mol. The zero-order chi connectivity index (χ0) is 23.6. The molecule has 0 saturated carbocycles. The van der Waals surface area contributed by atoms with Gasteiger partial charge in [0.05, 0.1) is 11.5 Å². The first-order chi connectivity index (χ1) is 15.2. The van der Waals surface area contributed by atoms with Crippen molar-refractivity contribution in [3.05, 3.63) is 35.4 Å².